The molecule has 1 aromatic rings. The number of likely N-dealkylation sites (tertiary alicyclic amines) is 1. The molecule has 104 valence electrons. The predicted octanol–water partition coefficient (Wildman–Crippen LogP) is 3.40. The molecule has 19 heavy (non-hydrogen) atoms. The average molecular weight is 261 g/mol. The summed E-state index contributed by atoms with van der Waals surface area (Å²) in [4.78, 5) is 13.4. The van der Waals surface area contributed by atoms with Crippen molar-refractivity contribution in [2.24, 2.45) is 5.92 Å². The van der Waals surface area contributed by atoms with Gasteiger partial charge in [-0.1, -0.05) is 26.0 Å². The van der Waals surface area contributed by atoms with Crippen molar-refractivity contribution >= 4 is 5.97 Å². The van der Waals surface area contributed by atoms with Crippen LogP contribution in [0.15, 0.2) is 24.3 Å². The lowest BCUT2D eigenvalue weighted by Crippen LogP contribution is -2.30. The Morgan fingerprint density at radius 1 is 1.37 bits per heavy atom. The van der Waals surface area contributed by atoms with Crippen LogP contribution in [0.5, 0.6) is 0 Å². The van der Waals surface area contributed by atoms with Crippen LogP contribution >= 0.6 is 0 Å². The van der Waals surface area contributed by atoms with E-state index in [1.54, 1.807) is 12.1 Å². The first kappa shape index (κ1) is 14.1. The second-order valence-electron chi connectivity index (χ2n) is 5.90. The Bertz CT molecular complexity index is 425. The van der Waals surface area contributed by atoms with E-state index in [1.165, 1.54) is 24.8 Å². The lowest BCUT2D eigenvalue weighted by Gasteiger charge is -2.26. The molecule has 3 heteroatoms. The van der Waals surface area contributed by atoms with E-state index in [4.69, 9.17) is 5.11 Å². The highest BCUT2D eigenvalue weighted by Gasteiger charge is 2.24. The van der Waals surface area contributed by atoms with Gasteiger partial charge in [0.15, 0.2) is 0 Å². The van der Waals surface area contributed by atoms with Gasteiger partial charge in [-0.2, -0.15) is 0 Å². The summed E-state index contributed by atoms with van der Waals surface area (Å²) >= 11 is 0. The van der Waals surface area contributed by atoms with Crippen LogP contribution in [-0.4, -0.2) is 28.6 Å². The van der Waals surface area contributed by atoms with E-state index >= 15 is 0 Å². The van der Waals surface area contributed by atoms with Gasteiger partial charge in [-0.3, -0.25) is 4.90 Å². The molecule has 1 aromatic carbocycles. The van der Waals surface area contributed by atoms with Crippen LogP contribution < -0.4 is 0 Å². The molecule has 1 fully saturated rings. The fourth-order valence-electron chi connectivity index (χ4n) is 2.90. The monoisotopic (exact) mass is 261 g/mol. The zero-order valence-corrected chi connectivity index (χ0v) is 11.8. The Morgan fingerprint density at radius 3 is 2.63 bits per heavy atom. The third-order valence-corrected chi connectivity index (χ3v) is 3.83. The zero-order chi connectivity index (χ0) is 13.8. The van der Waals surface area contributed by atoms with Crippen molar-refractivity contribution < 1.29 is 9.90 Å². The Labute approximate surface area is 115 Å². The fourth-order valence-corrected chi connectivity index (χ4v) is 2.90. The van der Waals surface area contributed by atoms with Crippen LogP contribution in [0, 0.1) is 5.92 Å². The molecule has 0 radical (unpaired) electrons. The van der Waals surface area contributed by atoms with Gasteiger partial charge in [-0.05, 0) is 49.4 Å². The summed E-state index contributed by atoms with van der Waals surface area (Å²) < 4.78 is 0. The molecule has 1 unspecified atom stereocenters. The van der Waals surface area contributed by atoms with Gasteiger partial charge in [0.05, 0.1) is 5.56 Å². The van der Waals surface area contributed by atoms with Crippen molar-refractivity contribution in [2.45, 2.75) is 45.7 Å². The van der Waals surface area contributed by atoms with E-state index in [1.807, 2.05) is 12.1 Å². The summed E-state index contributed by atoms with van der Waals surface area (Å²) in [5.41, 5.74) is 1.57. The molecule has 1 N–H and O–H groups in total. The molecule has 0 aliphatic carbocycles. The third-order valence-electron chi connectivity index (χ3n) is 3.83. The largest absolute Gasteiger partial charge is 0.478 e. The number of carboxylic acids is 1. The minimum absolute atomic E-state index is 0.365. The topological polar surface area (TPSA) is 40.5 Å². The summed E-state index contributed by atoms with van der Waals surface area (Å²) in [5, 5.41) is 8.89. The summed E-state index contributed by atoms with van der Waals surface area (Å²) in [7, 11) is 0. The summed E-state index contributed by atoms with van der Waals surface area (Å²) in [5.74, 6) is -0.120. The van der Waals surface area contributed by atoms with Crippen LogP contribution in [0.1, 0.15) is 49.0 Å². The van der Waals surface area contributed by atoms with E-state index in [-0.39, 0.29) is 0 Å². The quantitative estimate of drug-likeness (QED) is 0.883. The van der Waals surface area contributed by atoms with E-state index in [0.29, 0.717) is 11.6 Å². The fraction of sp³-hybridized carbons (Fsp3) is 0.562. The van der Waals surface area contributed by atoms with Gasteiger partial charge in [0.2, 0.25) is 0 Å². The molecule has 0 aromatic heterocycles. The zero-order valence-electron chi connectivity index (χ0n) is 11.8. The van der Waals surface area contributed by atoms with Crippen LogP contribution in [0.4, 0.5) is 0 Å². The van der Waals surface area contributed by atoms with Gasteiger partial charge in [-0.25, -0.2) is 4.79 Å². The maximum atomic E-state index is 10.8. The highest BCUT2D eigenvalue weighted by Crippen LogP contribution is 2.25. The van der Waals surface area contributed by atoms with Crippen LogP contribution in [0.2, 0.25) is 0 Å². The number of carboxylic acid groups (broad SMARTS) is 1. The molecule has 2 rings (SSSR count). The lowest BCUT2D eigenvalue weighted by molar-refractivity contribution is 0.0697. The molecule has 0 amide bonds. The minimum Gasteiger partial charge on any atom is -0.478 e. The molecule has 1 saturated heterocycles. The number of nitrogens with zero attached hydrogens (tertiary/aromatic N) is 1. The van der Waals surface area contributed by atoms with Crippen LogP contribution in [0.3, 0.4) is 0 Å². The highest BCUT2D eigenvalue weighted by molar-refractivity contribution is 5.87. The Hall–Kier alpha value is -1.35. The van der Waals surface area contributed by atoms with Crippen molar-refractivity contribution in [2.75, 3.05) is 6.54 Å². The maximum absolute atomic E-state index is 10.8. The second-order valence-corrected chi connectivity index (χ2v) is 5.90. The Morgan fingerprint density at radius 2 is 2.05 bits per heavy atom. The first-order chi connectivity index (χ1) is 9.06. The molecular weight excluding hydrogens is 238 g/mol. The number of benzene rings is 1. The van der Waals surface area contributed by atoms with Crippen LogP contribution in [-0.2, 0) is 6.54 Å². The molecule has 1 heterocycles. The van der Waals surface area contributed by atoms with Crippen LogP contribution in [0.25, 0.3) is 0 Å². The highest BCUT2D eigenvalue weighted by atomic mass is 16.4. The van der Waals surface area contributed by atoms with Gasteiger partial charge in [-0.15, -0.1) is 0 Å². The van der Waals surface area contributed by atoms with Gasteiger partial charge in [0, 0.05) is 12.6 Å². The van der Waals surface area contributed by atoms with Gasteiger partial charge < -0.3 is 5.11 Å². The lowest BCUT2D eigenvalue weighted by atomic mass is 10.0. The van der Waals surface area contributed by atoms with Gasteiger partial charge in [0.25, 0.3) is 0 Å². The number of rotatable bonds is 5. The normalized spacial score (nSPS) is 20.1. The predicted molar refractivity (Wildman–Crippen MR) is 76.3 cm³/mol. The minimum atomic E-state index is -0.856. The second kappa shape index (κ2) is 6.20. The van der Waals surface area contributed by atoms with E-state index in [2.05, 4.69) is 18.7 Å². The SMILES string of the molecule is CC(C)CC1CCCN1Cc1ccc(C(=O)O)cc1. The Balaban J connectivity index is 1.98. The van der Waals surface area contributed by atoms with Gasteiger partial charge in [0.1, 0.15) is 0 Å². The number of hydrogen-bond donors (Lipinski definition) is 1. The summed E-state index contributed by atoms with van der Waals surface area (Å²) in [6.45, 7) is 6.66. The maximum Gasteiger partial charge on any atom is 0.335 e. The third kappa shape index (κ3) is 3.80. The molecule has 3 nitrogen and oxygen atoms in total. The molecular formula is C16H23NO2. The van der Waals surface area contributed by atoms with E-state index in [9.17, 15) is 4.79 Å². The number of hydrogen-bond acceptors (Lipinski definition) is 2. The van der Waals surface area contributed by atoms with Crippen molar-refractivity contribution in [3.63, 3.8) is 0 Å². The molecule has 0 bridgehead atoms. The average Bonchev–Trinajstić information content (AvgIpc) is 2.76. The Kier molecular flexibility index (Phi) is 4.59. The van der Waals surface area contributed by atoms with E-state index in [0.717, 1.165) is 19.0 Å². The van der Waals surface area contributed by atoms with Crippen molar-refractivity contribution in [1.29, 1.82) is 0 Å². The summed E-state index contributed by atoms with van der Waals surface area (Å²) in [6, 6.07) is 7.97. The first-order valence-corrected chi connectivity index (χ1v) is 7.12. The molecule has 0 spiro atoms. The smallest absolute Gasteiger partial charge is 0.335 e. The summed E-state index contributed by atoms with van der Waals surface area (Å²) in [6.07, 6.45) is 3.84. The van der Waals surface area contributed by atoms with Crippen molar-refractivity contribution in [1.82, 2.24) is 4.90 Å². The standard InChI is InChI=1S/C16H23NO2/c1-12(2)10-15-4-3-9-17(15)11-13-5-7-14(8-6-13)16(18)19/h5-8,12,15H,3-4,9-11H2,1-2H3,(H,18,19). The molecule has 0 saturated carbocycles. The molecule has 1 aliphatic heterocycles. The first-order valence-electron chi connectivity index (χ1n) is 7.12. The molecule has 1 aliphatic rings. The van der Waals surface area contributed by atoms with E-state index < -0.39 is 5.97 Å². The molecule has 1 atom stereocenters. The number of carbonyl (C=O) groups is 1. The van der Waals surface area contributed by atoms with Gasteiger partial charge >= 0.3 is 5.97 Å². The van der Waals surface area contributed by atoms with Crippen molar-refractivity contribution in [3.8, 4) is 0 Å². The number of aromatic carboxylic acids is 1. The van der Waals surface area contributed by atoms with Crippen molar-refractivity contribution in [3.05, 3.63) is 35.4 Å².